The van der Waals surface area contributed by atoms with E-state index in [1.165, 1.54) is 16.3 Å². The smallest absolute Gasteiger partial charge is 0.261 e. The third kappa shape index (κ3) is 3.15. The Balaban J connectivity index is 1.74. The van der Waals surface area contributed by atoms with Gasteiger partial charge >= 0.3 is 0 Å². The Morgan fingerprint density at radius 2 is 2.21 bits per heavy atom. The molecule has 0 bridgehead atoms. The standard InChI is InChI=1S/C17H18N4O2S/c1-17(10-18,11-7-8-11)20-14(22)9-24-16-19-13-6-4-3-5-12(13)15(23)21(16)2/h3-6,11H,7-9H2,1-2H3,(H,20,22). The van der Waals surface area contributed by atoms with Gasteiger partial charge in [0, 0.05) is 7.05 Å². The van der Waals surface area contributed by atoms with Crippen molar-refractivity contribution in [3.8, 4) is 6.07 Å². The fourth-order valence-electron chi connectivity index (χ4n) is 2.66. The van der Waals surface area contributed by atoms with Gasteiger partial charge in [-0.2, -0.15) is 5.26 Å². The molecule has 1 aromatic heterocycles. The van der Waals surface area contributed by atoms with Crippen molar-refractivity contribution in [2.45, 2.75) is 30.5 Å². The summed E-state index contributed by atoms with van der Waals surface area (Å²) >= 11 is 1.20. The summed E-state index contributed by atoms with van der Waals surface area (Å²) in [5.41, 5.74) is -0.327. The Morgan fingerprint density at radius 1 is 1.50 bits per heavy atom. The van der Waals surface area contributed by atoms with Gasteiger partial charge in [0.2, 0.25) is 5.91 Å². The van der Waals surface area contributed by atoms with Crippen LogP contribution in [-0.4, -0.2) is 26.8 Å². The molecular weight excluding hydrogens is 324 g/mol. The van der Waals surface area contributed by atoms with E-state index >= 15 is 0 Å². The van der Waals surface area contributed by atoms with E-state index in [9.17, 15) is 14.9 Å². The number of rotatable bonds is 5. The lowest BCUT2D eigenvalue weighted by Crippen LogP contribution is -2.47. The summed E-state index contributed by atoms with van der Waals surface area (Å²) in [5, 5.41) is 13.2. The van der Waals surface area contributed by atoms with Crippen molar-refractivity contribution in [2.24, 2.45) is 13.0 Å². The third-order valence-electron chi connectivity index (χ3n) is 4.30. The largest absolute Gasteiger partial charge is 0.337 e. The molecule has 24 heavy (non-hydrogen) atoms. The minimum absolute atomic E-state index is 0.114. The minimum atomic E-state index is -0.805. The first-order valence-corrected chi connectivity index (χ1v) is 8.74. The molecule has 1 aliphatic rings. The van der Waals surface area contributed by atoms with Crippen LogP contribution in [0.4, 0.5) is 0 Å². The minimum Gasteiger partial charge on any atom is -0.337 e. The van der Waals surface area contributed by atoms with Crippen molar-refractivity contribution in [1.29, 1.82) is 5.26 Å². The molecule has 1 fully saturated rings. The number of thioether (sulfide) groups is 1. The van der Waals surface area contributed by atoms with Crippen LogP contribution in [0.15, 0.2) is 34.2 Å². The highest BCUT2D eigenvalue weighted by Gasteiger charge is 2.42. The summed E-state index contributed by atoms with van der Waals surface area (Å²) in [6.07, 6.45) is 1.94. The van der Waals surface area contributed by atoms with Crippen molar-refractivity contribution in [3.63, 3.8) is 0 Å². The summed E-state index contributed by atoms with van der Waals surface area (Å²) in [5.74, 6) is 0.126. The quantitative estimate of drug-likeness (QED) is 0.662. The van der Waals surface area contributed by atoms with Crippen molar-refractivity contribution in [3.05, 3.63) is 34.6 Å². The van der Waals surface area contributed by atoms with Gasteiger partial charge in [-0.05, 0) is 37.8 Å². The monoisotopic (exact) mass is 342 g/mol. The van der Waals surface area contributed by atoms with E-state index in [1.54, 1.807) is 32.2 Å². The van der Waals surface area contributed by atoms with E-state index in [2.05, 4.69) is 16.4 Å². The fraction of sp³-hybridized carbons (Fsp3) is 0.412. The molecule has 3 rings (SSSR count). The highest BCUT2D eigenvalue weighted by atomic mass is 32.2. The summed E-state index contributed by atoms with van der Waals surface area (Å²) < 4.78 is 1.45. The lowest BCUT2D eigenvalue weighted by Gasteiger charge is -2.22. The number of fused-ring (bicyclic) bond motifs is 1. The Kier molecular flexibility index (Phi) is 4.33. The molecule has 2 aromatic rings. The molecule has 1 aromatic carbocycles. The van der Waals surface area contributed by atoms with Crippen LogP contribution >= 0.6 is 11.8 Å². The van der Waals surface area contributed by atoms with E-state index in [4.69, 9.17) is 0 Å². The van der Waals surface area contributed by atoms with E-state index in [0.717, 1.165) is 12.8 Å². The van der Waals surface area contributed by atoms with Crippen LogP contribution < -0.4 is 10.9 Å². The zero-order chi connectivity index (χ0) is 17.3. The first-order valence-electron chi connectivity index (χ1n) is 7.75. The number of nitrogens with zero attached hydrogens (tertiary/aromatic N) is 3. The SMILES string of the molecule is Cn1c(SCC(=O)NC(C)(C#N)C2CC2)nc2ccccc2c1=O. The van der Waals surface area contributed by atoms with Gasteiger partial charge in [-0.1, -0.05) is 23.9 Å². The molecular formula is C17H18N4O2S. The maximum absolute atomic E-state index is 12.3. The number of nitriles is 1. The van der Waals surface area contributed by atoms with Gasteiger partial charge in [0.25, 0.3) is 5.56 Å². The molecule has 6 nitrogen and oxygen atoms in total. The number of amides is 1. The first kappa shape index (κ1) is 16.5. The molecule has 124 valence electrons. The molecule has 1 amide bonds. The number of nitrogens with one attached hydrogen (secondary N) is 1. The van der Waals surface area contributed by atoms with E-state index < -0.39 is 5.54 Å². The van der Waals surface area contributed by atoms with Gasteiger partial charge in [0.1, 0.15) is 5.54 Å². The molecule has 1 saturated carbocycles. The Hall–Kier alpha value is -2.33. The molecule has 0 aliphatic heterocycles. The van der Waals surface area contributed by atoms with Gasteiger partial charge in [-0.25, -0.2) is 4.98 Å². The first-order chi connectivity index (χ1) is 11.4. The van der Waals surface area contributed by atoms with Gasteiger partial charge < -0.3 is 5.32 Å². The average Bonchev–Trinajstić information content (AvgIpc) is 3.42. The third-order valence-corrected chi connectivity index (χ3v) is 5.33. The summed E-state index contributed by atoms with van der Waals surface area (Å²) in [4.78, 5) is 29.0. The van der Waals surface area contributed by atoms with E-state index in [0.29, 0.717) is 16.1 Å². The van der Waals surface area contributed by atoms with Gasteiger partial charge in [0.05, 0.1) is 22.7 Å². The van der Waals surface area contributed by atoms with Gasteiger partial charge in [-0.3, -0.25) is 14.2 Å². The topological polar surface area (TPSA) is 87.8 Å². The average molecular weight is 342 g/mol. The fourth-order valence-corrected chi connectivity index (χ4v) is 3.44. The van der Waals surface area contributed by atoms with Crippen molar-refractivity contribution >= 4 is 28.6 Å². The van der Waals surface area contributed by atoms with Crippen molar-refractivity contribution in [2.75, 3.05) is 5.75 Å². The molecule has 0 saturated heterocycles. The Labute approximate surface area is 143 Å². The lowest BCUT2D eigenvalue weighted by atomic mass is 9.98. The second-order valence-electron chi connectivity index (χ2n) is 6.20. The maximum Gasteiger partial charge on any atom is 0.261 e. The molecule has 1 heterocycles. The van der Waals surface area contributed by atoms with Crippen LogP contribution in [0.1, 0.15) is 19.8 Å². The number of carbonyl (C=O) groups is 1. The van der Waals surface area contributed by atoms with Gasteiger partial charge in [0.15, 0.2) is 5.16 Å². The van der Waals surface area contributed by atoms with Crippen molar-refractivity contribution < 1.29 is 4.79 Å². The van der Waals surface area contributed by atoms with Crippen LogP contribution in [0.3, 0.4) is 0 Å². The predicted octanol–water partition coefficient (Wildman–Crippen LogP) is 1.83. The van der Waals surface area contributed by atoms with Crippen LogP contribution in [0, 0.1) is 17.2 Å². The molecule has 7 heteroatoms. The predicted molar refractivity (Wildman–Crippen MR) is 92.6 cm³/mol. The van der Waals surface area contributed by atoms with Crippen LogP contribution in [0.2, 0.25) is 0 Å². The number of hydrogen-bond acceptors (Lipinski definition) is 5. The normalized spacial score (nSPS) is 16.4. The zero-order valence-electron chi connectivity index (χ0n) is 13.6. The van der Waals surface area contributed by atoms with Crippen LogP contribution in [-0.2, 0) is 11.8 Å². The zero-order valence-corrected chi connectivity index (χ0v) is 14.4. The van der Waals surface area contributed by atoms with Crippen LogP contribution in [0.25, 0.3) is 10.9 Å². The number of hydrogen-bond donors (Lipinski definition) is 1. The van der Waals surface area contributed by atoms with E-state index in [-0.39, 0.29) is 23.1 Å². The molecule has 0 radical (unpaired) electrons. The molecule has 1 N–H and O–H groups in total. The van der Waals surface area contributed by atoms with Crippen LogP contribution in [0.5, 0.6) is 0 Å². The molecule has 0 spiro atoms. The Bertz CT molecular complexity index is 898. The maximum atomic E-state index is 12.3. The van der Waals surface area contributed by atoms with E-state index in [1.807, 2.05) is 6.07 Å². The summed E-state index contributed by atoms with van der Waals surface area (Å²) in [6.45, 7) is 1.76. The molecule has 1 aliphatic carbocycles. The summed E-state index contributed by atoms with van der Waals surface area (Å²) in [7, 11) is 1.64. The molecule has 1 unspecified atom stereocenters. The second-order valence-corrected chi connectivity index (χ2v) is 7.14. The number of para-hydroxylation sites is 1. The lowest BCUT2D eigenvalue weighted by molar-refractivity contribution is -0.119. The highest BCUT2D eigenvalue weighted by molar-refractivity contribution is 7.99. The number of carbonyl (C=O) groups excluding carboxylic acids is 1. The second kappa shape index (κ2) is 6.29. The highest BCUT2D eigenvalue weighted by Crippen LogP contribution is 2.39. The number of benzene rings is 1. The molecule has 1 atom stereocenters. The van der Waals surface area contributed by atoms with Gasteiger partial charge in [-0.15, -0.1) is 0 Å². The van der Waals surface area contributed by atoms with Crippen molar-refractivity contribution in [1.82, 2.24) is 14.9 Å². The number of aromatic nitrogens is 2. The summed E-state index contributed by atoms with van der Waals surface area (Å²) in [6, 6.07) is 9.34. The Morgan fingerprint density at radius 3 is 2.88 bits per heavy atom.